The van der Waals surface area contributed by atoms with E-state index < -0.39 is 0 Å². The van der Waals surface area contributed by atoms with Gasteiger partial charge in [-0.2, -0.15) is 0 Å². The number of nitrogens with one attached hydrogen (secondary N) is 1. The maximum Gasteiger partial charge on any atom is 0.165 e. The molecule has 7 heteroatoms. The van der Waals surface area contributed by atoms with E-state index in [1.807, 2.05) is 34.9 Å². The second kappa shape index (κ2) is 6.45. The molecule has 4 rings (SSSR count). The van der Waals surface area contributed by atoms with Crippen LogP contribution in [0.1, 0.15) is 11.3 Å². The maximum atomic E-state index is 5.33. The van der Waals surface area contributed by atoms with Crippen molar-refractivity contribution in [2.45, 2.75) is 13.1 Å². The number of hydrogen-bond acceptors (Lipinski definition) is 5. The molecule has 24 heavy (non-hydrogen) atoms. The van der Waals surface area contributed by atoms with Gasteiger partial charge in [-0.15, -0.1) is 0 Å². The Morgan fingerprint density at radius 3 is 2.83 bits per heavy atom. The Kier molecular flexibility index (Phi) is 4.00. The van der Waals surface area contributed by atoms with Gasteiger partial charge in [-0.25, -0.2) is 15.0 Å². The van der Waals surface area contributed by atoms with Crippen LogP contribution in [-0.4, -0.2) is 19.5 Å². The number of anilines is 1. The average Bonchev–Trinajstić information content (AvgIpc) is 3.27. The van der Waals surface area contributed by atoms with E-state index in [0.717, 1.165) is 27.3 Å². The first kappa shape index (κ1) is 14.9. The van der Waals surface area contributed by atoms with Gasteiger partial charge in [0.25, 0.3) is 0 Å². The van der Waals surface area contributed by atoms with Gasteiger partial charge in [0.1, 0.15) is 12.1 Å². The summed E-state index contributed by atoms with van der Waals surface area (Å²) in [6, 6.07) is 11.9. The van der Waals surface area contributed by atoms with Crippen LogP contribution in [0, 0.1) is 0 Å². The fourth-order valence-corrected chi connectivity index (χ4v) is 2.93. The summed E-state index contributed by atoms with van der Waals surface area (Å²) in [6.07, 6.45) is 4.99. The van der Waals surface area contributed by atoms with Crippen LogP contribution in [-0.2, 0) is 13.1 Å². The lowest BCUT2D eigenvalue weighted by atomic mass is 10.2. The Hall–Kier alpha value is -2.67. The fourth-order valence-electron chi connectivity index (χ4n) is 2.52. The molecule has 2 aromatic rings. The van der Waals surface area contributed by atoms with Crippen LogP contribution in [0.3, 0.4) is 0 Å². The Bertz CT molecular complexity index is 919. The lowest BCUT2D eigenvalue weighted by Crippen LogP contribution is -2.11. The minimum absolute atomic E-state index is 0.552. The minimum atomic E-state index is 0.552. The van der Waals surface area contributed by atoms with E-state index in [2.05, 4.69) is 42.3 Å². The molecule has 0 atom stereocenters. The third-order valence-corrected chi connectivity index (χ3v) is 4.48. The molecule has 0 radical (unpaired) electrons. The molecule has 120 valence electrons. The first-order valence-electron chi connectivity index (χ1n) is 7.47. The fraction of sp³-hybridized carbons (Fsp3) is 0.118. The maximum absolute atomic E-state index is 5.33. The largest absolute Gasteiger partial charge is 0.467 e. The first-order chi connectivity index (χ1) is 11.8. The highest BCUT2D eigenvalue weighted by molar-refractivity contribution is 9.10. The highest BCUT2D eigenvalue weighted by Crippen LogP contribution is 2.26. The number of rotatable bonds is 5. The van der Waals surface area contributed by atoms with Crippen molar-refractivity contribution in [3.63, 3.8) is 0 Å². The average molecular weight is 384 g/mol. The Labute approximate surface area is 147 Å². The summed E-state index contributed by atoms with van der Waals surface area (Å²) < 4.78 is 8.37. The highest BCUT2D eigenvalue weighted by Gasteiger charge is 2.17. The second-order valence-corrected chi connectivity index (χ2v) is 6.15. The van der Waals surface area contributed by atoms with Crippen LogP contribution in [0.15, 0.2) is 64.2 Å². The van der Waals surface area contributed by atoms with E-state index >= 15 is 0 Å². The Morgan fingerprint density at radius 2 is 2.00 bits per heavy atom. The van der Waals surface area contributed by atoms with Gasteiger partial charge in [-0.1, -0.05) is 34.1 Å². The summed E-state index contributed by atoms with van der Waals surface area (Å²) in [5, 5.41) is 3.25. The quantitative estimate of drug-likeness (QED) is 0.567. The molecule has 0 bridgehead atoms. The van der Waals surface area contributed by atoms with Crippen LogP contribution < -0.4 is 5.32 Å². The van der Waals surface area contributed by atoms with Crippen LogP contribution in [0.2, 0.25) is 0 Å². The standard InChI is InChI=1S/C17H14BrN5O/c18-14-6-2-1-4-12(14)9-23-11-22-16(15-17(23)21-10-20-15)19-8-13-5-3-7-24-13/h1-7,10-11,19H,8-9H2. The predicted octanol–water partition coefficient (Wildman–Crippen LogP) is 3.79. The molecule has 0 saturated carbocycles. The monoisotopic (exact) mass is 383 g/mol. The molecule has 0 spiro atoms. The van der Waals surface area contributed by atoms with Crippen molar-refractivity contribution in [3.8, 4) is 11.5 Å². The van der Waals surface area contributed by atoms with Gasteiger partial charge in [0, 0.05) is 4.47 Å². The van der Waals surface area contributed by atoms with Crippen molar-refractivity contribution in [2.24, 2.45) is 0 Å². The summed E-state index contributed by atoms with van der Waals surface area (Å²) in [6.45, 7) is 1.22. The number of aromatic nitrogens is 4. The van der Waals surface area contributed by atoms with Crippen LogP contribution in [0.25, 0.3) is 11.5 Å². The second-order valence-electron chi connectivity index (χ2n) is 5.29. The summed E-state index contributed by atoms with van der Waals surface area (Å²) in [5.41, 5.74) is 1.90. The number of nitrogens with zero attached hydrogens (tertiary/aromatic N) is 4. The molecule has 1 aromatic carbocycles. The number of halogens is 1. The van der Waals surface area contributed by atoms with Crippen molar-refractivity contribution in [2.75, 3.05) is 5.32 Å². The third kappa shape index (κ3) is 2.90. The number of hydrogen-bond donors (Lipinski definition) is 1. The summed E-state index contributed by atoms with van der Waals surface area (Å²) in [4.78, 5) is 13.2. The molecule has 0 fully saturated rings. The van der Waals surface area contributed by atoms with Crippen LogP contribution in [0.5, 0.6) is 0 Å². The zero-order valence-electron chi connectivity index (χ0n) is 12.7. The SMILES string of the molecule is Brc1ccccc1Cn1cnc(NCc2ccco2)c2ncnc1-2. The van der Waals surface area contributed by atoms with E-state index in [9.17, 15) is 0 Å². The molecular formula is C17H14BrN5O. The van der Waals surface area contributed by atoms with Crippen LogP contribution >= 0.6 is 15.9 Å². The summed E-state index contributed by atoms with van der Waals surface area (Å²) in [7, 11) is 0. The van der Waals surface area contributed by atoms with E-state index in [-0.39, 0.29) is 0 Å². The molecule has 0 unspecified atom stereocenters. The molecule has 6 nitrogen and oxygen atoms in total. The molecule has 0 aliphatic carbocycles. The molecule has 0 saturated heterocycles. The lowest BCUT2D eigenvalue weighted by molar-refractivity contribution is 0.517. The number of benzene rings is 1. The van der Waals surface area contributed by atoms with Gasteiger partial charge in [-0.3, -0.25) is 0 Å². The highest BCUT2D eigenvalue weighted by atomic mass is 79.9. The van der Waals surface area contributed by atoms with Gasteiger partial charge >= 0.3 is 0 Å². The number of furan rings is 1. The zero-order valence-corrected chi connectivity index (χ0v) is 14.3. The molecule has 1 aromatic heterocycles. The Balaban J connectivity index is 1.61. The van der Waals surface area contributed by atoms with E-state index in [1.165, 1.54) is 0 Å². The molecule has 3 heterocycles. The van der Waals surface area contributed by atoms with Crippen molar-refractivity contribution in [1.82, 2.24) is 19.5 Å². The first-order valence-corrected chi connectivity index (χ1v) is 8.26. The number of imidazole rings is 1. The Morgan fingerprint density at radius 1 is 1.08 bits per heavy atom. The van der Waals surface area contributed by atoms with Gasteiger partial charge in [0.2, 0.25) is 0 Å². The van der Waals surface area contributed by atoms with Crippen molar-refractivity contribution >= 4 is 21.7 Å². The molecule has 2 aliphatic heterocycles. The zero-order chi connectivity index (χ0) is 16.4. The summed E-state index contributed by atoms with van der Waals surface area (Å²) in [5.74, 6) is 2.33. The van der Waals surface area contributed by atoms with Crippen molar-refractivity contribution in [3.05, 3.63) is 71.1 Å². The van der Waals surface area contributed by atoms with E-state index in [1.54, 1.807) is 18.9 Å². The predicted molar refractivity (Wildman–Crippen MR) is 93.7 cm³/mol. The van der Waals surface area contributed by atoms with Crippen molar-refractivity contribution in [1.29, 1.82) is 0 Å². The van der Waals surface area contributed by atoms with E-state index in [4.69, 9.17) is 4.42 Å². The molecule has 2 aliphatic rings. The molecular weight excluding hydrogens is 370 g/mol. The minimum Gasteiger partial charge on any atom is -0.467 e. The van der Waals surface area contributed by atoms with Gasteiger partial charge in [0.05, 0.1) is 25.7 Å². The summed E-state index contributed by atoms with van der Waals surface area (Å²) >= 11 is 3.58. The van der Waals surface area contributed by atoms with Gasteiger partial charge in [0.15, 0.2) is 17.3 Å². The van der Waals surface area contributed by atoms with E-state index in [0.29, 0.717) is 18.9 Å². The van der Waals surface area contributed by atoms with Crippen molar-refractivity contribution < 1.29 is 4.42 Å². The van der Waals surface area contributed by atoms with Gasteiger partial charge in [-0.05, 0) is 23.8 Å². The number of fused-ring (bicyclic) bond motifs is 1. The smallest absolute Gasteiger partial charge is 0.165 e. The molecule has 1 N–H and O–H groups in total. The normalized spacial score (nSPS) is 11.0. The van der Waals surface area contributed by atoms with Crippen LogP contribution in [0.4, 0.5) is 5.82 Å². The third-order valence-electron chi connectivity index (χ3n) is 3.71. The topological polar surface area (TPSA) is 68.8 Å². The lowest BCUT2D eigenvalue weighted by Gasteiger charge is -2.14. The molecule has 0 amide bonds. The van der Waals surface area contributed by atoms with Gasteiger partial charge < -0.3 is 14.3 Å².